The molecule has 7 nitrogen and oxygen atoms in total. The molecule has 2 unspecified atom stereocenters. The number of fused-ring (bicyclic) bond motifs is 1. The van der Waals surface area contributed by atoms with Gasteiger partial charge in [0.15, 0.2) is 6.61 Å². The Morgan fingerprint density at radius 2 is 1.94 bits per heavy atom. The average Bonchev–Trinajstić information content (AvgIpc) is 2.83. The van der Waals surface area contributed by atoms with Crippen LogP contribution in [-0.2, 0) is 28.7 Å². The number of anilines is 1. The number of hydrogen-bond acceptors (Lipinski definition) is 4. The predicted molar refractivity (Wildman–Crippen MR) is 123 cm³/mol. The second-order valence-corrected chi connectivity index (χ2v) is 8.81. The standard InChI is InChI=1S/C24H21F3N2O5S/c25-24(26,27)16-5-1-4-15(12-16)20-11-10-17(13-28-20)29(35(32)33)21-8-2-7-19-18(21)6-3-9-22(19)34-14-23(30)31/h1,3-6,9-13,21H,2,7-8,14H2,(H,30,31)(H,32,33). The van der Waals surface area contributed by atoms with Gasteiger partial charge in [0.1, 0.15) is 5.75 Å². The molecule has 0 saturated carbocycles. The highest BCUT2D eigenvalue weighted by atomic mass is 32.2. The van der Waals surface area contributed by atoms with Gasteiger partial charge in [-0.2, -0.15) is 13.2 Å². The molecule has 184 valence electrons. The van der Waals surface area contributed by atoms with Crippen molar-refractivity contribution >= 4 is 22.9 Å². The minimum Gasteiger partial charge on any atom is -0.482 e. The first-order valence-corrected chi connectivity index (χ1v) is 11.7. The van der Waals surface area contributed by atoms with Crippen LogP contribution in [0.3, 0.4) is 0 Å². The van der Waals surface area contributed by atoms with E-state index in [1.54, 1.807) is 18.2 Å². The largest absolute Gasteiger partial charge is 0.482 e. The van der Waals surface area contributed by atoms with E-state index in [0.717, 1.165) is 23.3 Å². The van der Waals surface area contributed by atoms with Crippen molar-refractivity contribution in [1.29, 1.82) is 0 Å². The highest BCUT2D eigenvalue weighted by molar-refractivity contribution is 7.80. The number of alkyl halides is 3. The molecule has 0 radical (unpaired) electrons. The number of halogens is 3. The Kier molecular flexibility index (Phi) is 7.08. The van der Waals surface area contributed by atoms with Crippen molar-refractivity contribution < 1.29 is 36.6 Å². The minimum absolute atomic E-state index is 0.270. The molecule has 0 aliphatic heterocycles. The van der Waals surface area contributed by atoms with E-state index in [-0.39, 0.29) is 11.3 Å². The lowest BCUT2D eigenvalue weighted by Crippen LogP contribution is -2.33. The molecule has 2 aromatic carbocycles. The topological polar surface area (TPSA) is 100.0 Å². The molecule has 1 aliphatic carbocycles. The van der Waals surface area contributed by atoms with Crippen LogP contribution >= 0.6 is 0 Å². The summed E-state index contributed by atoms with van der Waals surface area (Å²) in [4.78, 5) is 15.2. The van der Waals surface area contributed by atoms with E-state index in [1.807, 2.05) is 0 Å². The number of ether oxygens (including phenoxy) is 1. The van der Waals surface area contributed by atoms with Crippen molar-refractivity contribution in [3.8, 4) is 17.0 Å². The summed E-state index contributed by atoms with van der Waals surface area (Å²) in [6, 6.07) is 12.5. The predicted octanol–water partition coefficient (Wildman–Crippen LogP) is 5.25. The van der Waals surface area contributed by atoms with Crippen LogP contribution in [0.15, 0.2) is 60.8 Å². The number of aromatic nitrogens is 1. The van der Waals surface area contributed by atoms with Crippen LogP contribution in [0.5, 0.6) is 5.75 Å². The molecule has 0 saturated heterocycles. The molecule has 35 heavy (non-hydrogen) atoms. The first kappa shape index (κ1) is 24.7. The summed E-state index contributed by atoms with van der Waals surface area (Å²) < 4.78 is 68.4. The summed E-state index contributed by atoms with van der Waals surface area (Å²) in [6.07, 6.45) is -1.28. The molecule has 0 bridgehead atoms. The van der Waals surface area contributed by atoms with Crippen LogP contribution in [0.1, 0.15) is 35.6 Å². The molecule has 2 atom stereocenters. The summed E-state index contributed by atoms with van der Waals surface area (Å²) in [5, 5.41) is 8.93. The van der Waals surface area contributed by atoms with E-state index in [0.29, 0.717) is 30.7 Å². The van der Waals surface area contributed by atoms with Crippen molar-refractivity contribution in [2.45, 2.75) is 31.5 Å². The molecule has 1 aromatic heterocycles. The maximum absolute atomic E-state index is 13.1. The molecule has 3 aromatic rings. The zero-order valence-electron chi connectivity index (χ0n) is 18.2. The smallest absolute Gasteiger partial charge is 0.416 e. The number of aliphatic carboxylic acids is 1. The van der Waals surface area contributed by atoms with Gasteiger partial charge >= 0.3 is 12.1 Å². The zero-order chi connectivity index (χ0) is 25.2. The third-order valence-electron chi connectivity index (χ3n) is 5.72. The van der Waals surface area contributed by atoms with E-state index in [4.69, 9.17) is 9.84 Å². The molecule has 0 amide bonds. The zero-order valence-corrected chi connectivity index (χ0v) is 19.1. The lowest BCUT2D eigenvalue weighted by Gasteiger charge is -2.34. The van der Waals surface area contributed by atoms with Gasteiger partial charge in [-0.3, -0.25) is 13.8 Å². The van der Waals surface area contributed by atoms with Crippen molar-refractivity contribution in [2.24, 2.45) is 0 Å². The fourth-order valence-corrected chi connectivity index (χ4v) is 4.95. The summed E-state index contributed by atoms with van der Waals surface area (Å²) in [6.45, 7) is -0.502. The van der Waals surface area contributed by atoms with Gasteiger partial charge in [-0.25, -0.2) is 9.00 Å². The third-order valence-corrected chi connectivity index (χ3v) is 6.52. The van der Waals surface area contributed by atoms with Crippen LogP contribution in [-0.4, -0.2) is 31.4 Å². The lowest BCUT2D eigenvalue weighted by atomic mass is 9.87. The van der Waals surface area contributed by atoms with Gasteiger partial charge in [0, 0.05) is 5.56 Å². The maximum Gasteiger partial charge on any atom is 0.416 e. The molecule has 0 fully saturated rings. The van der Waals surface area contributed by atoms with Crippen LogP contribution in [0.2, 0.25) is 0 Å². The second-order valence-electron chi connectivity index (χ2n) is 7.95. The number of carboxylic acid groups (broad SMARTS) is 1. The Labute approximate surface area is 201 Å². The monoisotopic (exact) mass is 506 g/mol. The summed E-state index contributed by atoms with van der Waals surface area (Å²) in [5.74, 6) is -0.698. The van der Waals surface area contributed by atoms with E-state index in [2.05, 4.69) is 4.98 Å². The Bertz CT molecular complexity index is 1250. The Morgan fingerprint density at radius 3 is 2.60 bits per heavy atom. The number of hydrogen-bond donors (Lipinski definition) is 2. The second kappa shape index (κ2) is 10.0. The number of benzene rings is 2. The summed E-state index contributed by atoms with van der Waals surface area (Å²) in [7, 11) is 0. The minimum atomic E-state index is -4.48. The molecular formula is C24H21F3N2O5S. The fraction of sp³-hybridized carbons (Fsp3) is 0.250. The van der Waals surface area contributed by atoms with Crippen molar-refractivity contribution in [3.63, 3.8) is 0 Å². The average molecular weight is 507 g/mol. The molecule has 11 heteroatoms. The van der Waals surface area contributed by atoms with E-state index < -0.39 is 41.6 Å². The van der Waals surface area contributed by atoms with Gasteiger partial charge < -0.3 is 9.84 Å². The number of carbonyl (C=O) groups is 1. The van der Waals surface area contributed by atoms with Gasteiger partial charge in [0.25, 0.3) is 11.3 Å². The van der Waals surface area contributed by atoms with Gasteiger partial charge in [0.2, 0.25) is 0 Å². The van der Waals surface area contributed by atoms with Crippen molar-refractivity contribution in [2.75, 3.05) is 10.9 Å². The fourth-order valence-electron chi connectivity index (χ4n) is 4.23. The first-order chi connectivity index (χ1) is 16.6. The Hall–Kier alpha value is -3.44. The highest BCUT2D eigenvalue weighted by Crippen LogP contribution is 2.41. The molecule has 2 N–H and O–H groups in total. The van der Waals surface area contributed by atoms with Crippen molar-refractivity contribution in [3.05, 3.63) is 77.5 Å². The quantitative estimate of drug-likeness (QED) is 0.425. The van der Waals surface area contributed by atoms with E-state index in [9.17, 15) is 26.7 Å². The van der Waals surface area contributed by atoms with Gasteiger partial charge in [-0.15, -0.1) is 0 Å². The number of carboxylic acids is 1. The SMILES string of the molecule is O=C(O)COc1cccc2c1CCCC2N(c1ccc(-c2cccc(C(F)(F)F)c2)nc1)S(=O)O. The third kappa shape index (κ3) is 5.46. The Balaban J connectivity index is 1.66. The van der Waals surface area contributed by atoms with E-state index in [1.165, 1.54) is 34.8 Å². The molecule has 0 spiro atoms. The number of rotatable bonds is 7. The first-order valence-electron chi connectivity index (χ1n) is 10.7. The number of nitrogens with zero attached hydrogens (tertiary/aromatic N) is 2. The summed E-state index contributed by atoms with van der Waals surface area (Å²) in [5.41, 5.74) is 1.59. The van der Waals surface area contributed by atoms with Crippen molar-refractivity contribution in [1.82, 2.24) is 4.98 Å². The molecular weight excluding hydrogens is 485 g/mol. The lowest BCUT2D eigenvalue weighted by molar-refractivity contribution is -0.139. The molecule has 1 heterocycles. The van der Waals surface area contributed by atoms with Gasteiger partial charge in [0.05, 0.1) is 29.2 Å². The van der Waals surface area contributed by atoms with Crippen LogP contribution in [0.4, 0.5) is 18.9 Å². The Morgan fingerprint density at radius 1 is 1.17 bits per heavy atom. The van der Waals surface area contributed by atoms with E-state index >= 15 is 0 Å². The highest BCUT2D eigenvalue weighted by Gasteiger charge is 2.32. The van der Waals surface area contributed by atoms with Gasteiger partial charge in [-0.1, -0.05) is 24.3 Å². The number of pyridine rings is 1. The molecule has 4 rings (SSSR count). The van der Waals surface area contributed by atoms with Crippen LogP contribution in [0.25, 0.3) is 11.3 Å². The van der Waals surface area contributed by atoms with Gasteiger partial charge in [-0.05, 0) is 60.7 Å². The normalized spacial score (nSPS) is 16.3. The summed E-state index contributed by atoms with van der Waals surface area (Å²) >= 11 is -2.43. The maximum atomic E-state index is 13.1. The van der Waals surface area contributed by atoms with Crippen LogP contribution in [0, 0.1) is 0 Å². The van der Waals surface area contributed by atoms with Crippen LogP contribution < -0.4 is 9.04 Å². The molecule has 1 aliphatic rings.